The summed E-state index contributed by atoms with van der Waals surface area (Å²) in [5.74, 6) is -0.223. The molecule has 0 aromatic heterocycles. The van der Waals surface area contributed by atoms with Gasteiger partial charge < -0.3 is 5.32 Å². The van der Waals surface area contributed by atoms with Crippen molar-refractivity contribution < 1.29 is 21.6 Å². The van der Waals surface area contributed by atoms with Crippen LogP contribution in [0, 0.1) is 0 Å². The van der Waals surface area contributed by atoms with Crippen molar-refractivity contribution >= 4 is 15.7 Å². The van der Waals surface area contributed by atoms with Crippen molar-refractivity contribution in [3.8, 4) is 0 Å². The van der Waals surface area contributed by atoms with Crippen LogP contribution in [0.3, 0.4) is 0 Å². The Bertz CT molecular complexity index is 566. The van der Waals surface area contributed by atoms with Crippen LogP contribution in [-0.4, -0.2) is 26.8 Å². The number of rotatable bonds is 4. The molecular weight excluding hydrogens is 293 g/mol. The van der Waals surface area contributed by atoms with Crippen molar-refractivity contribution in [2.75, 3.05) is 17.0 Å². The van der Waals surface area contributed by atoms with E-state index >= 15 is 0 Å². The number of para-hydroxylation sites is 1. The molecule has 112 valence electrons. The maximum absolute atomic E-state index is 12.8. The molecule has 1 aliphatic heterocycles. The number of hydrogen-bond acceptors (Lipinski definition) is 3. The third-order valence-corrected chi connectivity index (χ3v) is 4.45. The first-order valence-electron chi connectivity index (χ1n) is 6.18. The van der Waals surface area contributed by atoms with Crippen LogP contribution in [0.5, 0.6) is 0 Å². The number of nitrogens with one attached hydrogen (secondary N) is 2. The second kappa shape index (κ2) is 5.61. The molecule has 1 atom stereocenters. The van der Waals surface area contributed by atoms with Crippen LogP contribution in [0.15, 0.2) is 24.3 Å². The Balaban J connectivity index is 2.16. The van der Waals surface area contributed by atoms with E-state index in [0.29, 0.717) is 6.42 Å². The van der Waals surface area contributed by atoms with Crippen LogP contribution in [0.25, 0.3) is 0 Å². The van der Waals surface area contributed by atoms with Crippen molar-refractivity contribution in [2.45, 2.75) is 25.1 Å². The number of halogens is 3. The molecule has 1 heterocycles. The van der Waals surface area contributed by atoms with E-state index in [-0.39, 0.29) is 11.8 Å². The van der Waals surface area contributed by atoms with Gasteiger partial charge in [-0.15, -0.1) is 0 Å². The highest BCUT2D eigenvalue weighted by Gasteiger charge is 2.34. The second-order valence-electron chi connectivity index (χ2n) is 4.72. The zero-order valence-corrected chi connectivity index (χ0v) is 11.4. The summed E-state index contributed by atoms with van der Waals surface area (Å²) in [5, 5.41) is 3.00. The Labute approximate surface area is 115 Å². The lowest BCUT2D eigenvalue weighted by Gasteiger charge is -2.16. The third-order valence-electron chi connectivity index (χ3n) is 3.08. The van der Waals surface area contributed by atoms with Gasteiger partial charge in [0.15, 0.2) is 0 Å². The van der Waals surface area contributed by atoms with E-state index < -0.39 is 27.5 Å². The molecule has 4 nitrogen and oxygen atoms in total. The molecule has 1 aliphatic rings. The van der Waals surface area contributed by atoms with Gasteiger partial charge in [-0.25, -0.2) is 8.42 Å². The number of sulfonamides is 1. The topological polar surface area (TPSA) is 58.2 Å². The number of alkyl halides is 3. The van der Waals surface area contributed by atoms with Gasteiger partial charge in [-0.05, 0) is 31.5 Å². The number of anilines is 1. The van der Waals surface area contributed by atoms with Gasteiger partial charge >= 0.3 is 6.18 Å². The average molecular weight is 308 g/mol. The zero-order valence-electron chi connectivity index (χ0n) is 10.6. The maximum atomic E-state index is 12.8. The molecule has 0 spiro atoms. The number of hydrogen-bond donors (Lipinski definition) is 2. The monoisotopic (exact) mass is 308 g/mol. The van der Waals surface area contributed by atoms with Gasteiger partial charge in [-0.1, -0.05) is 12.1 Å². The molecule has 0 bridgehead atoms. The quantitative estimate of drug-likeness (QED) is 0.896. The summed E-state index contributed by atoms with van der Waals surface area (Å²) in [7, 11) is -3.81. The summed E-state index contributed by atoms with van der Waals surface area (Å²) >= 11 is 0. The molecule has 8 heteroatoms. The van der Waals surface area contributed by atoms with Crippen molar-refractivity contribution in [3.05, 3.63) is 29.8 Å². The van der Waals surface area contributed by atoms with E-state index in [1.165, 1.54) is 12.1 Å². The van der Waals surface area contributed by atoms with E-state index in [1.807, 2.05) is 4.72 Å². The fourth-order valence-electron chi connectivity index (χ4n) is 2.19. The Morgan fingerprint density at radius 3 is 2.60 bits per heavy atom. The van der Waals surface area contributed by atoms with Crippen LogP contribution >= 0.6 is 0 Å². The van der Waals surface area contributed by atoms with Gasteiger partial charge in [0, 0.05) is 6.04 Å². The van der Waals surface area contributed by atoms with E-state index in [2.05, 4.69) is 5.32 Å². The zero-order chi connectivity index (χ0) is 14.8. The summed E-state index contributed by atoms with van der Waals surface area (Å²) in [6.07, 6.45) is -3.01. The highest BCUT2D eigenvalue weighted by molar-refractivity contribution is 7.92. The molecule has 1 aromatic rings. The lowest BCUT2D eigenvalue weighted by atomic mass is 10.2. The van der Waals surface area contributed by atoms with E-state index in [4.69, 9.17) is 0 Å². The average Bonchev–Trinajstić information content (AvgIpc) is 2.79. The first kappa shape index (κ1) is 15.1. The van der Waals surface area contributed by atoms with Gasteiger partial charge in [0.2, 0.25) is 10.0 Å². The molecule has 1 fully saturated rings. The maximum Gasteiger partial charge on any atom is 0.418 e. The van der Waals surface area contributed by atoms with Crippen LogP contribution in [-0.2, 0) is 16.2 Å². The molecule has 1 unspecified atom stereocenters. The fourth-order valence-corrected chi connectivity index (χ4v) is 3.60. The Kier molecular flexibility index (Phi) is 4.24. The molecule has 0 saturated carbocycles. The highest BCUT2D eigenvalue weighted by Crippen LogP contribution is 2.35. The van der Waals surface area contributed by atoms with Crippen molar-refractivity contribution in [1.29, 1.82) is 0 Å². The smallest absolute Gasteiger partial charge is 0.313 e. The van der Waals surface area contributed by atoms with Gasteiger partial charge in [0.25, 0.3) is 0 Å². The molecule has 1 saturated heterocycles. The van der Waals surface area contributed by atoms with Crippen molar-refractivity contribution in [3.63, 3.8) is 0 Å². The van der Waals surface area contributed by atoms with Gasteiger partial charge in [0.1, 0.15) is 0 Å². The molecule has 20 heavy (non-hydrogen) atoms. The molecule has 0 radical (unpaired) electrons. The third kappa shape index (κ3) is 3.86. The Morgan fingerprint density at radius 1 is 1.30 bits per heavy atom. The summed E-state index contributed by atoms with van der Waals surface area (Å²) in [5.41, 5.74) is -1.42. The molecule has 0 aliphatic carbocycles. The lowest BCUT2D eigenvalue weighted by molar-refractivity contribution is -0.136. The molecular formula is C12H15F3N2O2S. The SMILES string of the molecule is O=S(=O)(CC1CCCN1)Nc1ccccc1C(F)(F)F. The van der Waals surface area contributed by atoms with E-state index in [9.17, 15) is 21.6 Å². The van der Waals surface area contributed by atoms with Gasteiger partial charge in [-0.2, -0.15) is 13.2 Å². The van der Waals surface area contributed by atoms with Crippen molar-refractivity contribution in [1.82, 2.24) is 5.32 Å². The number of benzene rings is 1. The van der Waals surface area contributed by atoms with Crippen LogP contribution < -0.4 is 10.0 Å². The van der Waals surface area contributed by atoms with E-state index in [1.54, 1.807) is 0 Å². The molecule has 2 N–H and O–H groups in total. The fraction of sp³-hybridized carbons (Fsp3) is 0.500. The molecule has 1 aromatic carbocycles. The van der Waals surface area contributed by atoms with Gasteiger partial charge in [-0.3, -0.25) is 4.72 Å². The first-order chi connectivity index (χ1) is 9.28. The summed E-state index contributed by atoms with van der Waals surface area (Å²) < 4.78 is 64.2. The summed E-state index contributed by atoms with van der Waals surface area (Å²) in [6.45, 7) is 0.735. The van der Waals surface area contributed by atoms with Crippen molar-refractivity contribution in [2.24, 2.45) is 0 Å². The predicted octanol–water partition coefficient (Wildman–Crippen LogP) is 2.20. The molecule has 0 amide bonds. The highest BCUT2D eigenvalue weighted by atomic mass is 32.2. The first-order valence-corrected chi connectivity index (χ1v) is 7.83. The normalized spacial score (nSPS) is 20.1. The predicted molar refractivity (Wildman–Crippen MR) is 69.9 cm³/mol. The van der Waals surface area contributed by atoms with Crippen LogP contribution in [0.2, 0.25) is 0 Å². The minimum Gasteiger partial charge on any atom is -0.313 e. The minimum absolute atomic E-state index is 0.203. The van der Waals surface area contributed by atoms with Crippen LogP contribution in [0.1, 0.15) is 18.4 Å². The Morgan fingerprint density at radius 2 is 2.00 bits per heavy atom. The van der Waals surface area contributed by atoms with E-state index in [0.717, 1.165) is 25.1 Å². The molecule has 2 rings (SSSR count). The summed E-state index contributed by atoms with van der Waals surface area (Å²) in [4.78, 5) is 0. The standard InChI is InChI=1S/C12H15F3N2O2S/c13-12(14,15)10-5-1-2-6-11(10)17-20(18,19)8-9-4-3-7-16-9/h1-2,5-6,9,16-17H,3-4,7-8H2. The van der Waals surface area contributed by atoms with Crippen LogP contribution in [0.4, 0.5) is 18.9 Å². The largest absolute Gasteiger partial charge is 0.418 e. The summed E-state index contributed by atoms with van der Waals surface area (Å²) in [6, 6.07) is 4.35. The van der Waals surface area contributed by atoms with Gasteiger partial charge in [0.05, 0.1) is 17.0 Å². The minimum atomic E-state index is -4.59. The Hall–Kier alpha value is -1.28. The lowest BCUT2D eigenvalue weighted by Crippen LogP contribution is -2.33. The second-order valence-corrected chi connectivity index (χ2v) is 6.49.